The number of nitrogens with one attached hydrogen (secondary N) is 2. The fourth-order valence-corrected chi connectivity index (χ4v) is 3.90. The number of hydrogen-bond acceptors (Lipinski definition) is 2. The standard InChI is InChI=1S/C22H25F3N2O2/c1-13-3-7-15(8-4-13)19(16-9-5-14(2)6-10-16)27-21(29)17-11-12-18(22(23,24)25)26-20(17)28/h3-4,7-8,11-12,14,16,19H,5-6,9-10H2,1-2H3,(H,26,28)(H,27,29). The van der Waals surface area contributed by atoms with Crippen LogP contribution in [0.25, 0.3) is 0 Å². The number of hydrogen-bond donors (Lipinski definition) is 2. The summed E-state index contributed by atoms with van der Waals surface area (Å²) < 4.78 is 38.3. The zero-order valence-electron chi connectivity index (χ0n) is 16.5. The van der Waals surface area contributed by atoms with Crippen LogP contribution in [0.2, 0.25) is 0 Å². The van der Waals surface area contributed by atoms with E-state index in [1.165, 1.54) is 0 Å². The molecule has 156 valence electrons. The largest absolute Gasteiger partial charge is 0.431 e. The Balaban J connectivity index is 1.86. The number of aryl methyl sites for hydroxylation is 1. The monoisotopic (exact) mass is 406 g/mol. The molecule has 2 aromatic rings. The highest BCUT2D eigenvalue weighted by molar-refractivity contribution is 5.94. The van der Waals surface area contributed by atoms with Crippen molar-refractivity contribution in [2.24, 2.45) is 11.8 Å². The lowest BCUT2D eigenvalue weighted by molar-refractivity contribution is -0.141. The highest BCUT2D eigenvalue weighted by atomic mass is 19.4. The van der Waals surface area contributed by atoms with Crippen LogP contribution >= 0.6 is 0 Å². The lowest BCUT2D eigenvalue weighted by Crippen LogP contribution is -2.37. The van der Waals surface area contributed by atoms with E-state index in [2.05, 4.69) is 12.2 Å². The molecule has 1 unspecified atom stereocenters. The molecule has 7 heteroatoms. The minimum atomic E-state index is -4.67. The quantitative estimate of drug-likeness (QED) is 0.751. The first-order valence-corrected chi connectivity index (χ1v) is 9.83. The van der Waals surface area contributed by atoms with Gasteiger partial charge in [-0.1, -0.05) is 49.6 Å². The molecule has 0 bridgehead atoms. The number of aromatic amines is 1. The van der Waals surface area contributed by atoms with Crippen molar-refractivity contribution in [3.63, 3.8) is 0 Å². The van der Waals surface area contributed by atoms with Gasteiger partial charge in [-0.15, -0.1) is 0 Å². The average Bonchev–Trinajstić information content (AvgIpc) is 2.67. The van der Waals surface area contributed by atoms with Gasteiger partial charge < -0.3 is 10.3 Å². The summed E-state index contributed by atoms with van der Waals surface area (Å²) in [4.78, 5) is 26.6. The highest BCUT2D eigenvalue weighted by Crippen LogP contribution is 2.37. The predicted octanol–water partition coefficient (Wildman–Crippen LogP) is 5.00. The molecule has 0 saturated heterocycles. The van der Waals surface area contributed by atoms with E-state index in [0.717, 1.165) is 48.9 Å². The fourth-order valence-electron chi connectivity index (χ4n) is 3.90. The van der Waals surface area contributed by atoms with Crippen molar-refractivity contribution in [2.75, 3.05) is 0 Å². The van der Waals surface area contributed by atoms with Crippen LogP contribution in [0.4, 0.5) is 13.2 Å². The summed E-state index contributed by atoms with van der Waals surface area (Å²) in [6.45, 7) is 4.18. The molecular formula is C22H25F3N2O2. The Morgan fingerprint density at radius 2 is 1.69 bits per heavy atom. The van der Waals surface area contributed by atoms with Crippen LogP contribution in [-0.4, -0.2) is 10.9 Å². The second-order valence-electron chi connectivity index (χ2n) is 7.99. The van der Waals surface area contributed by atoms with Gasteiger partial charge in [0.1, 0.15) is 11.3 Å². The Morgan fingerprint density at radius 1 is 1.07 bits per heavy atom. The van der Waals surface area contributed by atoms with Crippen molar-refractivity contribution >= 4 is 5.91 Å². The van der Waals surface area contributed by atoms with Crippen molar-refractivity contribution in [3.05, 3.63) is 69.1 Å². The van der Waals surface area contributed by atoms with Crippen LogP contribution in [0.15, 0.2) is 41.2 Å². The summed E-state index contributed by atoms with van der Waals surface area (Å²) in [5, 5.41) is 2.91. The van der Waals surface area contributed by atoms with Crippen LogP contribution < -0.4 is 10.9 Å². The summed E-state index contributed by atoms with van der Waals surface area (Å²) >= 11 is 0. The van der Waals surface area contributed by atoms with Crippen LogP contribution in [0.5, 0.6) is 0 Å². The van der Waals surface area contributed by atoms with E-state index in [9.17, 15) is 22.8 Å². The Morgan fingerprint density at radius 3 is 2.24 bits per heavy atom. The van der Waals surface area contributed by atoms with E-state index in [1.54, 1.807) is 4.98 Å². The zero-order valence-corrected chi connectivity index (χ0v) is 16.5. The number of aromatic nitrogens is 1. The maximum Gasteiger partial charge on any atom is 0.431 e. The third kappa shape index (κ3) is 5.08. The second kappa shape index (κ2) is 8.43. The number of amides is 1. The van der Waals surface area contributed by atoms with E-state index in [4.69, 9.17) is 0 Å². The van der Waals surface area contributed by atoms with Crippen LogP contribution in [0.1, 0.15) is 65.8 Å². The van der Waals surface area contributed by atoms with E-state index in [0.29, 0.717) is 5.92 Å². The molecule has 0 spiro atoms. The van der Waals surface area contributed by atoms with Gasteiger partial charge in [0.15, 0.2) is 0 Å². The summed E-state index contributed by atoms with van der Waals surface area (Å²) in [5.41, 5.74) is -0.506. The summed E-state index contributed by atoms with van der Waals surface area (Å²) in [7, 11) is 0. The molecule has 1 saturated carbocycles. The molecule has 1 aromatic heterocycles. The van der Waals surface area contributed by atoms with Crippen molar-refractivity contribution in [2.45, 2.75) is 51.7 Å². The Labute approximate surface area is 167 Å². The molecule has 0 radical (unpaired) electrons. The summed E-state index contributed by atoms with van der Waals surface area (Å²) in [6, 6.07) is 9.20. The molecule has 2 N–H and O–H groups in total. The fraction of sp³-hybridized carbons (Fsp3) is 0.455. The number of H-pyrrole nitrogens is 1. The van der Waals surface area contributed by atoms with E-state index in [-0.39, 0.29) is 17.5 Å². The average molecular weight is 406 g/mol. The normalized spacial score (nSPS) is 20.9. The highest BCUT2D eigenvalue weighted by Gasteiger charge is 2.33. The smallest absolute Gasteiger partial charge is 0.345 e. The number of halogens is 3. The first kappa shape index (κ1) is 21.1. The van der Waals surface area contributed by atoms with Crippen LogP contribution in [0.3, 0.4) is 0 Å². The summed E-state index contributed by atoms with van der Waals surface area (Å²) in [6.07, 6.45) is -0.655. The lowest BCUT2D eigenvalue weighted by atomic mass is 9.77. The van der Waals surface area contributed by atoms with E-state index in [1.807, 2.05) is 31.2 Å². The van der Waals surface area contributed by atoms with Gasteiger partial charge >= 0.3 is 6.18 Å². The van der Waals surface area contributed by atoms with Crippen LogP contribution in [-0.2, 0) is 6.18 Å². The summed E-state index contributed by atoms with van der Waals surface area (Å²) in [5.74, 6) is 0.189. The van der Waals surface area contributed by atoms with Gasteiger partial charge in [0.2, 0.25) is 0 Å². The Bertz CT molecular complexity index is 911. The number of benzene rings is 1. The van der Waals surface area contributed by atoms with Crippen molar-refractivity contribution < 1.29 is 18.0 Å². The molecular weight excluding hydrogens is 381 g/mol. The van der Waals surface area contributed by atoms with Gasteiger partial charge in [-0.05, 0) is 49.3 Å². The first-order chi connectivity index (χ1) is 13.6. The minimum absolute atomic E-state index is 0.214. The van der Waals surface area contributed by atoms with Crippen molar-refractivity contribution in [3.8, 4) is 0 Å². The first-order valence-electron chi connectivity index (χ1n) is 9.83. The molecule has 1 amide bonds. The molecule has 4 nitrogen and oxygen atoms in total. The number of pyridine rings is 1. The minimum Gasteiger partial charge on any atom is -0.345 e. The van der Waals surface area contributed by atoms with Gasteiger partial charge in [-0.3, -0.25) is 9.59 Å². The van der Waals surface area contributed by atoms with Crippen LogP contribution in [0, 0.1) is 18.8 Å². The van der Waals surface area contributed by atoms with Gasteiger partial charge in [-0.25, -0.2) is 0 Å². The molecule has 1 aliphatic carbocycles. The Kier molecular flexibility index (Phi) is 6.15. The van der Waals surface area contributed by atoms with Crippen molar-refractivity contribution in [1.29, 1.82) is 0 Å². The van der Waals surface area contributed by atoms with Crippen molar-refractivity contribution in [1.82, 2.24) is 10.3 Å². The molecule has 1 heterocycles. The third-order valence-electron chi connectivity index (χ3n) is 5.71. The SMILES string of the molecule is Cc1ccc(C(NC(=O)c2ccc(C(F)(F)F)[nH]c2=O)C2CCC(C)CC2)cc1. The van der Waals surface area contributed by atoms with E-state index >= 15 is 0 Å². The number of carbonyl (C=O) groups excluding carboxylic acids is 1. The molecule has 0 aliphatic heterocycles. The molecule has 1 atom stereocenters. The second-order valence-corrected chi connectivity index (χ2v) is 7.99. The maximum atomic E-state index is 12.8. The molecule has 1 aromatic carbocycles. The van der Waals surface area contributed by atoms with Gasteiger partial charge in [-0.2, -0.15) is 13.2 Å². The molecule has 29 heavy (non-hydrogen) atoms. The third-order valence-corrected chi connectivity index (χ3v) is 5.71. The molecule has 1 aliphatic rings. The maximum absolute atomic E-state index is 12.8. The lowest BCUT2D eigenvalue weighted by Gasteiger charge is -2.33. The topological polar surface area (TPSA) is 62.0 Å². The predicted molar refractivity (Wildman–Crippen MR) is 105 cm³/mol. The number of alkyl halides is 3. The zero-order chi connectivity index (χ0) is 21.2. The Hall–Kier alpha value is -2.57. The molecule has 1 fully saturated rings. The van der Waals surface area contributed by atoms with Gasteiger partial charge in [0, 0.05) is 0 Å². The number of rotatable bonds is 4. The number of carbonyl (C=O) groups is 1. The van der Waals surface area contributed by atoms with Gasteiger partial charge in [0.05, 0.1) is 6.04 Å². The van der Waals surface area contributed by atoms with E-state index < -0.39 is 23.3 Å². The van der Waals surface area contributed by atoms with Gasteiger partial charge in [0.25, 0.3) is 11.5 Å². The molecule has 3 rings (SSSR count).